The first-order chi connectivity index (χ1) is 14.9. The molecule has 0 aliphatic rings. The van der Waals surface area contributed by atoms with Crippen LogP contribution in [0.4, 0.5) is 0 Å². The molecule has 0 aliphatic heterocycles. The van der Waals surface area contributed by atoms with Gasteiger partial charge in [-0.1, -0.05) is 66.3 Å². The number of hydrogen-bond donors (Lipinski definition) is 0. The zero-order chi connectivity index (χ0) is 24.2. The largest absolute Gasteiger partial charge is 0.310 e. The summed E-state index contributed by atoms with van der Waals surface area (Å²) in [6.07, 6.45) is 1.53. The molecule has 168 valence electrons. The zero-order valence-electron chi connectivity index (χ0n) is 20.2. The first-order valence-corrected chi connectivity index (χ1v) is 12.6. The fourth-order valence-corrected chi connectivity index (χ4v) is 6.73. The number of allylic oxidation sites excluding steroid dienone is 5. The molecule has 2 aromatic rings. The minimum atomic E-state index is -3.78. The third-order valence-corrected chi connectivity index (χ3v) is 8.11. The van der Waals surface area contributed by atoms with Crippen LogP contribution in [0.3, 0.4) is 0 Å². The molecule has 0 saturated carbocycles. The van der Waals surface area contributed by atoms with E-state index in [0.29, 0.717) is 27.6 Å². The van der Waals surface area contributed by atoms with E-state index >= 15 is 0 Å². The molecule has 1 unspecified atom stereocenters. The highest BCUT2D eigenvalue weighted by Gasteiger charge is 2.39. The number of ketones is 1. The predicted molar refractivity (Wildman–Crippen MR) is 135 cm³/mol. The van der Waals surface area contributed by atoms with Gasteiger partial charge in [-0.3, -0.25) is 9.59 Å². The van der Waals surface area contributed by atoms with Crippen molar-refractivity contribution in [3.05, 3.63) is 99.7 Å². The summed E-state index contributed by atoms with van der Waals surface area (Å²) in [5, 5.41) is 0.393. The molecule has 0 N–H and O–H groups in total. The van der Waals surface area contributed by atoms with Crippen molar-refractivity contribution in [2.24, 2.45) is 0 Å². The maximum atomic E-state index is 14.5. The summed E-state index contributed by atoms with van der Waals surface area (Å²) >= 11 is 0. The Bertz CT molecular complexity index is 1150. The maximum absolute atomic E-state index is 14.5. The molecule has 0 saturated heterocycles. The lowest BCUT2D eigenvalue weighted by atomic mass is 9.97. The van der Waals surface area contributed by atoms with Gasteiger partial charge in [-0.05, 0) is 70.7 Å². The highest BCUT2D eigenvalue weighted by Crippen LogP contribution is 2.50. The zero-order valence-corrected chi connectivity index (χ0v) is 21.1. The molecule has 0 amide bonds. The van der Waals surface area contributed by atoms with E-state index in [-0.39, 0.29) is 11.9 Å². The first-order valence-electron chi connectivity index (χ1n) is 10.7. The van der Waals surface area contributed by atoms with E-state index in [0.717, 1.165) is 22.3 Å². The number of Topliss-reactive ketones (excluding diaryl/α,β-unsaturated/α-hetero) is 1. The first kappa shape index (κ1) is 25.5. The van der Waals surface area contributed by atoms with Crippen LogP contribution in [-0.4, -0.2) is 17.5 Å². The Hall–Kier alpha value is -2.77. The highest BCUT2D eigenvalue weighted by atomic mass is 31.2. The Morgan fingerprint density at radius 1 is 0.938 bits per heavy atom. The van der Waals surface area contributed by atoms with Crippen molar-refractivity contribution in [1.29, 1.82) is 0 Å². The molecule has 3 nitrogen and oxygen atoms in total. The summed E-state index contributed by atoms with van der Waals surface area (Å²) in [4.78, 5) is 27.3. The number of carbonyl (C=O) groups excluding carboxylic acids is 2. The van der Waals surface area contributed by atoms with Gasteiger partial charge in [-0.15, -0.1) is 0 Å². The van der Waals surface area contributed by atoms with Crippen LogP contribution in [0.25, 0.3) is 0 Å². The SMILES string of the molecule is C=C(C)/C(C(=O)P(=O)(CC(=O)c1c(C)cc(C)cc1C)c1ccccc1)=C(/C)C=C(C)C. The van der Waals surface area contributed by atoms with Crippen LogP contribution in [0.15, 0.2) is 77.4 Å². The standard InChI is InChI=1S/C28H33O3P/c1-18(2)14-21(6)26(19(3)4)28(30)32(31,24-12-10-9-11-13-24)17-25(29)27-22(7)15-20(5)16-23(27)8/h9-16H,3,17H2,1-2,4-8H3/b26-21+. The van der Waals surface area contributed by atoms with Gasteiger partial charge >= 0.3 is 0 Å². The van der Waals surface area contributed by atoms with Crippen LogP contribution in [-0.2, 0) is 9.36 Å². The van der Waals surface area contributed by atoms with E-state index in [4.69, 9.17) is 0 Å². The number of benzene rings is 2. The van der Waals surface area contributed by atoms with Crippen LogP contribution in [0.1, 0.15) is 54.7 Å². The monoisotopic (exact) mass is 448 g/mol. The normalized spacial score (nSPS) is 13.6. The van der Waals surface area contributed by atoms with Gasteiger partial charge in [-0.25, -0.2) is 0 Å². The summed E-state index contributed by atoms with van der Waals surface area (Å²) in [5.74, 6) is -0.276. The highest BCUT2D eigenvalue weighted by molar-refractivity contribution is 7.88. The Morgan fingerprint density at radius 3 is 1.94 bits per heavy atom. The van der Waals surface area contributed by atoms with E-state index < -0.39 is 12.7 Å². The molecule has 0 radical (unpaired) electrons. The number of hydrogen-bond acceptors (Lipinski definition) is 3. The van der Waals surface area contributed by atoms with Crippen molar-refractivity contribution in [2.75, 3.05) is 6.16 Å². The number of rotatable bonds is 8. The molecule has 2 rings (SSSR count). The summed E-state index contributed by atoms with van der Waals surface area (Å²) in [7, 11) is -3.78. The average molecular weight is 449 g/mol. The lowest BCUT2D eigenvalue weighted by Crippen LogP contribution is -2.23. The van der Waals surface area contributed by atoms with Crippen molar-refractivity contribution in [3.63, 3.8) is 0 Å². The van der Waals surface area contributed by atoms with Crippen molar-refractivity contribution in [3.8, 4) is 0 Å². The minimum absolute atomic E-state index is 0.276. The molecule has 0 aliphatic carbocycles. The minimum Gasteiger partial charge on any atom is -0.310 e. The van der Waals surface area contributed by atoms with Crippen molar-refractivity contribution < 1.29 is 14.2 Å². The summed E-state index contributed by atoms with van der Waals surface area (Å²) in [6, 6.07) is 12.5. The molecular formula is C28H33O3P. The lowest BCUT2D eigenvalue weighted by Gasteiger charge is -2.21. The molecule has 0 fully saturated rings. The van der Waals surface area contributed by atoms with Crippen molar-refractivity contribution >= 4 is 23.8 Å². The van der Waals surface area contributed by atoms with Gasteiger partial charge in [0.15, 0.2) is 12.9 Å². The van der Waals surface area contributed by atoms with Crippen LogP contribution >= 0.6 is 7.14 Å². The molecule has 32 heavy (non-hydrogen) atoms. The molecule has 2 aromatic carbocycles. The maximum Gasteiger partial charge on any atom is 0.226 e. The number of carbonyl (C=O) groups is 2. The van der Waals surface area contributed by atoms with E-state index in [1.807, 2.05) is 59.8 Å². The molecular weight excluding hydrogens is 415 g/mol. The summed E-state index contributed by atoms with van der Waals surface area (Å²) < 4.78 is 14.5. The summed E-state index contributed by atoms with van der Waals surface area (Å²) in [5.41, 5.74) is 5.35. The molecule has 1 atom stereocenters. The van der Waals surface area contributed by atoms with Crippen LogP contribution in [0, 0.1) is 20.8 Å². The Balaban J connectivity index is 2.70. The third kappa shape index (κ3) is 5.53. The van der Waals surface area contributed by atoms with Gasteiger partial charge in [0.2, 0.25) is 5.52 Å². The Kier molecular flexibility index (Phi) is 8.15. The van der Waals surface area contributed by atoms with Gasteiger partial charge in [0.25, 0.3) is 0 Å². The second kappa shape index (κ2) is 10.2. The molecule has 4 heteroatoms. The molecule has 0 heterocycles. The fraction of sp³-hybridized carbons (Fsp3) is 0.286. The van der Waals surface area contributed by atoms with Gasteiger partial charge in [0.05, 0.1) is 6.16 Å². The Morgan fingerprint density at radius 2 is 1.47 bits per heavy atom. The average Bonchev–Trinajstić information content (AvgIpc) is 2.66. The molecule has 0 spiro atoms. The number of aryl methyl sites for hydroxylation is 3. The van der Waals surface area contributed by atoms with Crippen LogP contribution in [0.2, 0.25) is 0 Å². The van der Waals surface area contributed by atoms with Crippen LogP contribution < -0.4 is 5.30 Å². The van der Waals surface area contributed by atoms with Gasteiger partial charge < -0.3 is 4.57 Å². The molecule has 0 aromatic heterocycles. The topological polar surface area (TPSA) is 51.2 Å². The van der Waals surface area contributed by atoms with Gasteiger partial charge in [0, 0.05) is 16.4 Å². The third-order valence-electron chi connectivity index (χ3n) is 5.36. The quantitative estimate of drug-likeness (QED) is 0.192. The van der Waals surface area contributed by atoms with Crippen LogP contribution in [0.5, 0.6) is 0 Å². The summed E-state index contributed by atoms with van der Waals surface area (Å²) in [6.45, 7) is 17.1. The van der Waals surface area contributed by atoms with Gasteiger partial charge in [0.1, 0.15) is 0 Å². The van der Waals surface area contributed by atoms with E-state index in [2.05, 4.69) is 6.58 Å². The van der Waals surface area contributed by atoms with E-state index in [1.54, 1.807) is 37.3 Å². The second-order valence-electron chi connectivity index (χ2n) is 8.80. The van der Waals surface area contributed by atoms with E-state index in [1.165, 1.54) is 0 Å². The second-order valence-corrected chi connectivity index (χ2v) is 11.5. The van der Waals surface area contributed by atoms with Gasteiger partial charge in [-0.2, -0.15) is 0 Å². The van der Waals surface area contributed by atoms with Crippen molar-refractivity contribution in [1.82, 2.24) is 0 Å². The molecule has 0 bridgehead atoms. The lowest BCUT2D eigenvalue weighted by molar-refractivity contribution is -0.108. The Labute approximate surface area is 192 Å². The van der Waals surface area contributed by atoms with E-state index in [9.17, 15) is 14.2 Å². The smallest absolute Gasteiger partial charge is 0.226 e. The fourth-order valence-electron chi connectivity index (χ4n) is 4.22. The predicted octanol–water partition coefficient (Wildman–Crippen LogP) is 6.87. The van der Waals surface area contributed by atoms with Crippen molar-refractivity contribution in [2.45, 2.75) is 48.5 Å².